The lowest BCUT2D eigenvalue weighted by Gasteiger charge is -2.15. The number of pyridine rings is 1. The summed E-state index contributed by atoms with van der Waals surface area (Å²) < 4.78 is 25.1. The molecule has 1 aliphatic carbocycles. The van der Waals surface area contributed by atoms with Gasteiger partial charge in [0.1, 0.15) is 0 Å². The van der Waals surface area contributed by atoms with Crippen LogP contribution in [0.3, 0.4) is 0 Å². The molecule has 5 rings (SSSR count). The summed E-state index contributed by atoms with van der Waals surface area (Å²) in [6.45, 7) is 0.215. The van der Waals surface area contributed by atoms with Gasteiger partial charge in [-0.05, 0) is 52.7 Å². The summed E-state index contributed by atoms with van der Waals surface area (Å²) >= 11 is 2.40. The molecule has 3 aromatic rings. The Hall–Kier alpha value is -2.68. The van der Waals surface area contributed by atoms with Crippen molar-refractivity contribution in [3.05, 3.63) is 51.8 Å². The molecule has 0 radical (unpaired) electrons. The Bertz CT molecular complexity index is 1310. The number of unbranched alkanes of at least 4 members (excludes halogenated alkanes) is 1. The molecule has 160 valence electrons. The minimum absolute atomic E-state index is 0.0770. The number of methoxy groups -OCH3 is 2. The van der Waals surface area contributed by atoms with Crippen molar-refractivity contribution < 1.29 is 18.9 Å². The van der Waals surface area contributed by atoms with Crippen LogP contribution in [0.25, 0.3) is 27.6 Å². The van der Waals surface area contributed by atoms with Gasteiger partial charge in [-0.25, -0.2) is 0 Å². The number of alkyl halides is 1. The molecule has 7 heteroatoms. The van der Waals surface area contributed by atoms with Gasteiger partial charge in [0.2, 0.25) is 6.79 Å². The number of ether oxygens (including phenoxy) is 4. The van der Waals surface area contributed by atoms with E-state index in [4.69, 9.17) is 18.9 Å². The average Bonchev–Trinajstić information content (AvgIpc) is 3.37. The average molecular weight is 531 g/mol. The largest absolute Gasteiger partial charge is 0.493 e. The molecule has 2 heterocycles. The molecule has 0 amide bonds. The monoisotopic (exact) mass is 531 g/mol. The van der Waals surface area contributed by atoms with Crippen LogP contribution in [0.15, 0.2) is 35.1 Å². The van der Waals surface area contributed by atoms with Crippen molar-refractivity contribution in [1.82, 2.24) is 4.57 Å². The van der Waals surface area contributed by atoms with Crippen molar-refractivity contribution in [3.8, 4) is 34.3 Å². The minimum Gasteiger partial charge on any atom is -0.493 e. The lowest BCUT2D eigenvalue weighted by molar-refractivity contribution is 0.174. The Morgan fingerprint density at radius 1 is 1.03 bits per heavy atom. The number of fused-ring (bicyclic) bond motifs is 6. The topological polar surface area (TPSA) is 58.9 Å². The molecule has 0 saturated heterocycles. The molecule has 0 atom stereocenters. The van der Waals surface area contributed by atoms with Gasteiger partial charge in [-0.3, -0.25) is 4.79 Å². The lowest BCUT2D eigenvalue weighted by atomic mass is 9.97. The number of rotatable bonds is 5. The van der Waals surface area contributed by atoms with Gasteiger partial charge >= 0.3 is 0 Å². The predicted octanol–water partition coefficient (Wildman–Crippen LogP) is 4.91. The number of aromatic nitrogens is 1. The Labute approximate surface area is 193 Å². The molecule has 2 aromatic carbocycles. The fraction of sp³-hybridized carbons (Fsp3) is 0.292. The van der Waals surface area contributed by atoms with Gasteiger partial charge in [0, 0.05) is 23.6 Å². The minimum atomic E-state index is -0.0770. The van der Waals surface area contributed by atoms with Gasteiger partial charge in [0.15, 0.2) is 23.0 Å². The van der Waals surface area contributed by atoms with Crippen LogP contribution in [0, 0.1) is 0 Å². The number of allylic oxidation sites excluding steroid dienone is 1. The highest BCUT2D eigenvalue weighted by atomic mass is 127. The van der Waals surface area contributed by atoms with E-state index in [1.807, 2.05) is 25.2 Å². The second-order valence-corrected chi connectivity index (χ2v) is 8.62. The summed E-state index contributed by atoms with van der Waals surface area (Å²) in [6, 6.07) is 7.70. The zero-order valence-corrected chi connectivity index (χ0v) is 19.7. The van der Waals surface area contributed by atoms with Crippen LogP contribution in [0.5, 0.6) is 23.0 Å². The van der Waals surface area contributed by atoms with Crippen LogP contribution in [0.2, 0.25) is 0 Å². The summed E-state index contributed by atoms with van der Waals surface area (Å²) in [6.07, 6.45) is 4.30. The lowest BCUT2D eigenvalue weighted by Crippen LogP contribution is -2.19. The Morgan fingerprint density at radius 2 is 1.68 bits per heavy atom. The van der Waals surface area contributed by atoms with E-state index in [1.54, 1.807) is 24.9 Å². The first kappa shape index (κ1) is 20.2. The molecule has 0 saturated carbocycles. The van der Waals surface area contributed by atoms with Gasteiger partial charge in [0.25, 0.3) is 5.56 Å². The molecule has 0 bridgehead atoms. The maximum atomic E-state index is 13.4. The van der Waals surface area contributed by atoms with Crippen LogP contribution < -0.4 is 24.5 Å². The number of hydrogen-bond donors (Lipinski definition) is 0. The van der Waals surface area contributed by atoms with E-state index in [0.717, 1.165) is 56.4 Å². The van der Waals surface area contributed by atoms with Crippen molar-refractivity contribution in [1.29, 1.82) is 0 Å². The molecule has 31 heavy (non-hydrogen) atoms. The number of halogens is 1. The maximum absolute atomic E-state index is 13.4. The van der Waals surface area contributed by atoms with Gasteiger partial charge in [-0.2, -0.15) is 0 Å². The molecule has 1 aromatic heterocycles. The summed E-state index contributed by atoms with van der Waals surface area (Å²) in [4.78, 5) is 13.4. The Kier molecular flexibility index (Phi) is 5.08. The van der Waals surface area contributed by atoms with Gasteiger partial charge < -0.3 is 23.5 Å². The molecular formula is C24H22INO5. The molecular weight excluding hydrogens is 509 g/mol. The third-order valence-corrected chi connectivity index (χ3v) is 6.68. The van der Waals surface area contributed by atoms with Crippen LogP contribution >= 0.6 is 22.6 Å². The Morgan fingerprint density at radius 3 is 2.32 bits per heavy atom. The molecule has 0 spiro atoms. The van der Waals surface area contributed by atoms with Crippen molar-refractivity contribution >= 4 is 38.9 Å². The van der Waals surface area contributed by atoms with Gasteiger partial charge in [0.05, 0.1) is 25.3 Å². The Balaban J connectivity index is 1.89. The SMILES string of the molecule is COc1cc2c3c(n(C)c(=O)c2cc1OC)-c1cc2c(cc1C3=CCCCI)OCO2. The van der Waals surface area contributed by atoms with Crippen molar-refractivity contribution in [2.24, 2.45) is 7.05 Å². The van der Waals surface area contributed by atoms with Crippen LogP contribution in [-0.2, 0) is 7.05 Å². The summed E-state index contributed by atoms with van der Waals surface area (Å²) in [5.74, 6) is 2.58. The van der Waals surface area contributed by atoms with E-state index < -0.39 is 0 Å². The van der Waals surface area contributed by atoms with Crippen molar-refractivity contribution in [2.45, 2.75) is 12.8 Å². The quantitative estimate of drug-likeness (QED) is 0.208. The zero-order chi connectivity index (χ0) is 21.7. The first-order valence-electron chi connectivity index (χ1n) is 10.1. The van der Waals surface area contributed by atoms with Crippen LogP contribution in [0.4, 0.5) is 0 Å². The summed E-state index contributed by atoms with van der Waals surface area (Å²) in [7, 11) is 5.00. The van der Waals surface area contributed by atoms with Crippen molar-refractivity contribution in [3.63, 3.8) is 0 Å². The normalized spacial score (nSPS) is 14.8. The van der Waals surface area contributed by atoms with E-state index in [9.17, 15) is 4.79 Å². The smallest absolute Gasteiger partial charge is 0.258 e. The van der Waals surface area contributed by atoms with Crippen LogP contribution in [-0.4, -0.2) is 30.0 Å². The predicted molar refractivity (Wildman–Crippen MR) is 129 cm³/mol. The van der Waals surface area contributed by atoms with E-state index in [-0.39, 0.29) is 12.4 Å². The fourth-order valence-corrected chi connectivity index (χ4v) is 4.90. The standard InChI is InChI=1S/C24H22INO5/c1-26-23-16-10-21-20(30-12-31-21)8-14(16)13(6-4-5-7-25)22(23)15-9-18(28-2)19(29-3)11-17(15)24(26)27/h6,8-11H,4-5,7,12H2,1-3H3. The highest BCUT2D eigenvalue weighted by molar-refractivity contribution is 14.1. The first-order chi connectivity index (χ1) is 15.1. The van der Waals surface area contributed by atoms with E-state index in [2.05, 4.69) is 28.7 Å². The van der Waals surface area contributed by atoms with Crippen molar-refractivity contribution in [2.75, 3.05) is 25.4 Å². The third-order valence-electron chi connectivity index (χ3n) is 5.91. The molecule has 2 aliphatic rings. The highest BCUT2D eigenvalue weighted by Crippen LogP contribution is 2.51. The second-order valence-electron chi connectivity index (χ2n) is 7.54. The van der Waals surface area contributed by atoms with Crippen LogP contribution in [0.1, 0.15) is 24.0 Å². The molecule has 0 fully saturated rings. The molecule has 6 nitrogen and oxygen atoms in total. The number of nitrogens with zero attached hydrogens (tertiary/aromatic N) is 1. The van der Waals surface area contributed by atoms with E-state index in [1.165, 1.54) is 0 Å². The summed E-state index contributed by atoms with van der Waals surface area (Å²) in [5, 5.41) is 1.46. The molecule has 1 aliphatic heterocycles. The number of benzene rings is 2. The van der Waals surface area contributed by atoms with E-state index in [0.29, 0.717) is 22.6 Å². The highest BCUT2D eigenvalue weighted by Gasteiger charge is 2.32. The summed E-state index contributed by atoms with van der Waals surface area (Å²) in [5.41, 5.74) is 5.00. The number of hydrogen-bond acceptors (Lipinski definition) is 5. The second kappa shape index (κ2) is 7.78. The fourth-order valence-electron chi connectivity index (χ4n) is 4.46. The molecule has 0 unspecified atom stereocenters. The van der Waals surface area contributed by atoms with Gasteiger partial charge in [-0.15, -0.1) is 0 Å². The van der Waals surface area contributed by atoms with Gasteiger partial charge in [-0.1, -0.05) is 28.7 Å². The maximum Gasteiger partial charge on any atom is 0.258 e. The third kappa shape index (κ3) is 3.01. The van der Waals surface area contributed by atoms with E-state index >= 15 is 0 Å². The zero-order valence-electron chi connectivity index (χ0n) is 17.6. The molecule has 0 N–H and O–H groups in total. The first-order valence-corrected chi connectivity index (χ1v) is 11.6.